The van der Waals surface area contributed by atoms with Crippen LogP contribution >= 0.6 is 0 Å². The highest BCUT2D eigenvalue weighted by Gasteiger charge is 2.29. The number of sulfonamides is 1. The van der Waals surface area contributed by atoms with Crippen molar-refractivity contribution in [3.8, 4) is 6.07 Å². The SMILES string of the molecule is N#CCCn1cc(/C=C/C(=O)Nc2ccc(F)c(S(=O)(=O)N3CCOCC3)c2)c2ccccc21. The van der Waals surface area contributed by atoms with Crippen molar-refractivity contribution in [2.75, 3.05) is 31.6 Å². The highest BCUT2D eigenvalue weighted by molar-refractivity contribution is 7.89. The minimum absolute atomic E-state index is 0.142. The lowest BCUT2D eigenvalue weighted by atomic mass is 10.1. The van der Waals surface area contributed by atoms with Crippen LogP contribution in [0.25, 0.3) is 17.0 Å². The number of para-hydroxylation sites is 1. The molecule has 0 aliphatic carbocycles. The van der Waals surface area contributed by atoms with E-state index in [1.54, 1.807) is 6.08 Å². The molecule has 0 spiro atoms. The average Bonchev–Trinajstić information content (AvgIpc) is 3.21. The average molecular weight is 483 g/mol. The first-order valence-corrected chi connectivity index (χ1v) is 12.2. The summed E-state index contributed by atoms with van der Waals surface area (Å²) in [7, 11) is -4.05. The second kappa shape index (κ2) is 10.2. The molecule has 4 rings (SSSR count). The fourth-order valence-corrected chi connectivity index (χ4v) is 5.32. The number of aryl methyl sites for hydroxylation is 1. The molecule has 2 aromatic carbocycles. The predicted molar refractivity (Wildman–Crippen MR) is 126 cm³/mol. The van der Waals surface area contributed by atoms with E-state index in [1.165, 1.54) is 16.4 Å². The quantitative estimate of drug-likeness (QED) is 0.520. The fraction of sp³-hybridized carbons (Fsp3) is 0.250. The van der Waals surface area contributed by atoms with E-state index in [0.717, 1.165) is 28.6 Å². The molecule has 1 saturated heterocycles. The molecule has 1 fully saturated rings. The van der Waals surface area contributed by atoms with Gasteiger partial charge in [0.2, 0.25) is 15.9 Å². The van der Waals surface area contributed by atoms with E-state index < -0.39 is 26.6 Å². The second-order valence-corrected chi connectivity index (χ2v) is 9.59. The van der Waals surface area contributed by atoms with Gasteiger partial charge < -0.3 is 14.6 Å². The Labute approximate surface area is 196 Å². The minimum atomic E-state index is -4.05. The number of hydrogen-bond acceptors (Lipinski definition) is 5. The number of carbonyl (C=O) groups excluding carboxylic acids is 1. The topological polar surface area (TPSA) is 104 Å². The molecular weight excluding hydrogens is 459 g/mol. The van der Waals surface area contributed by atoms with Gasteiger partial charge in [-0.15, -0.1) is 0 Å². The lowest BCUT2D eigenvalue weighted by Crippen LogP contribution is -2.40. The first-order chi connectivity index (χ1) is 16.4. The van der Waals surface area contributed by atoms with Crippen molar-refractivity contribution in [2.24, 2.45) is 0 Å². The van der Waals surface area contributed by atoms with E-state index >= 15 is 0 Å². The number of nitrogens with one attached hydrogen (secondary N) is 1. The van der Waals surface area contributed by atoms with Crippen LogP contribution in [0.5, 0.6) is 0 Å². The lowest BCUT2D eigenvalue weighted by molar-refractivity contribution is -0.111. The number of benzene rings is 2. The maximum absolute atomic E-state index is 14.4. The Hall–Kier alpha value is -3.52. The van der Waals surface area contributed by atoms with E-state index in [0.29, 0.717) is 13.0 Å². The van der Waals surface area contributed by atoms with Gasteiger partial charge >= 0.3 is 0 Å². The molecule has 176 valence electrons. The van der Waals surface area contributed by atoms with Crippen LogP contribution in [0.15, 0.2) is 59.6 Å². The number of hydrogen-bond donors (Lipinski definition) is 1. The third-order valence-electron chi connectivity index (χ3n) is 5.48. The van der Waals surface area contributed by atoms with Gasteiger partial charge in [-0.2, -0.15) is 9.57 Å². The van der Waals surface area contributed by atoms with E-state index in [2.05, 4.69) is 11.4 Å². The molecule has 1 aliphatic heterocycles. The Morgan fingerprint density at radius 3 is 2.74 bits per heavy atom. The number of ether oxygens (including phenoxy) is 1. The minimum Gasteiger partial charge on any atom is -0.379 e. The van der Waals surface area contributed by atoms with Crippen molar-refractivity contribution in [1.29, 1.82) is 5.26 Å². The number of nitriles is 1. The number of aromatic nitrogens is 1. The molecule has 8 nitrogen and oxygen atoms in total. The summed E-state index contributed by atoms with van der Waals surface area (Å²) >= 11 is 0. The van der Waals surface area contributed by atoms with Crippen molar-refractivity contribution < 1.29 is 22.3 Å². The van der Waals surface area contributed by atoms with E-state index in [1.807, 2.05) is 35.0 Å². The lowest BCUT2D eigenvalue weighted by Gasteiger charge is -2.26. The Morgan fingerprint density at radius 2 is 1.97 bits per heavy atom. The van der Waals surface area contributed by atoms with E-state index in [4.69, 9.17) is 10.00 Å². The zero-order valence-electron chi connectivity index (χ0n) is 18.3. The molecule has 1 aromatic heterocycles. The molecule has 1 aliphatic rings. The van der Waals surface area contributed by atoms with Crippen molar-refractivity contribution in [3.05, 3.63) is 66.1 Å². The van der Waals surface area contributed by atoms with Crippen LogP contribution in [0.4, 0.5) is 10.1 Å². The number of rotatable bonds is 7. The molecule has 0 unspecified atom stereocenters. The number of carbonyl (C=O) groups is 1. The highest BCUT2D eigenvalue weighted by Crippen LogP contribution is 2.25. The van der Waals surface area contributed by atoms with Crippen LogP contribution in [0.2, 0.25) is 0 Å². The Morgan fingerprint density at radius 1 is 1.21 bits per heavy atom. The molecule has 0 bridgehead atoms. The first-order valence-electron chi connectivity index (χ1n) is 10.7. The molecule has 0 atom stereocenters. The van der Waals surface area contributed by atoms with Gasteiger partial charge in [-0.25, -0.2) is 12.8 Å². The summed E-state index contributed by atoms with van der Waals surface area (Å²) in [4.78, 5) is 12.0. The van der Waals surface area contributed by atoms with Gasteiger partial charge in [0.15, 0.2) is 0 Å². The summed E-state index contributed by atoms with van der Waals surface area (Å²) in [6, 6.07) is 13.3. The number of nitrogens with zero attached hydrogens (tertiary/aromatic N) is 3. The second-order valence-electron chi connectivity index (χ2n) is 7.69. The Kier molecular flexibility index (Phi) is 7.07. The number of anilines is 1. The van der Waals surface area contributed by atoms with E-state index in [9.17, 15) is 17.6 Å². The zero-order chi connectivity index (χ0) is 24.1. The Bertz CT molecular complexity index is 1390. The van der Waals surface area contributed by atoms with Crippen molar-refractivity contribution in [1.82, 2.24) is 8.87 Å². The van der Waals surface area contributed by atoms with Crippen molar-refractivity contribution >= 4 is 38.6 Å². The molecule has 34 heavy (non-hydrogen) atoms. The predicted octanol–water partition coefficient (Wildman–Crippen LogP) is 3.37. The normalized spacial score (nSPS) is 14.9. The first kappa shape index (κ1) is 23.6. The van der Waals surface area contributed by atoms with Crippen LogP contribution in [0.1, 0.15) is 12.0 Å². The summed E-state index contributed by atoms with van der Waals surface area (Å²) in [6.07, 6.45) is 5.21. The molecule has 10 heteroatoms. The van der Waals surface area contributed by atoms with Crippen molar-refractivity contribution in [2.45, 2.75) is 17.9 Å². The molecule has 0 radical (unpaired) electrons. The summed E-state index contributed by atoms with van der Waals surface area (Å²) in [5.41, 5.74) is 1.92. The maximum Gasteiger partial charge on any atom is 0.248 e. The third kappa shape index (κ3) is 5.02. The fourth-order valence-electron chi connectivity index (χ4n) is 3.82. The smallest absolute Gasteiger partial charge is 0.248 e. The molecule has 2 heterocycles. The largest absolute Gasteiger partial charge is 0.379 e. The van der Waals surface area contributed by atoms with Gasteiger partial charge in [0.05, 0.1) is 25.7 Å². The van der Waals surface area contributed by atoms with Crippen LogP contribution in [-0.2, 0) is 26.1 Å². The number of amides is 1. The summed E-state index contributed by atoms with van der Waals surface area (Å²) in [5.74, 6) is -1.37. The van der Waals surface area contributed by atoms with Gasteiger partial charge in [-0.1, -0.05) is 18.2 Å². The van der Waals surface area contributed by atoms with Gasteiger partial charge in [0.25, 0.3) is 0 Å². The van der Waals surface area contributed by atoms with Gasteiger partial charge in [0.1, 0.15) is 10.7 Å². The van der Waals surface area contributed by atoms with Crippen LogP contribution in [0.3, 0.4) is 0 Å². The molecule has 1 N–H and O–H groups in total. The van der Waals surface area contributed by atoms with Crippen LogP contribution < -0.4 is 5.32 Å². The number of fused-ring (bicyclic) bond motifs is 1. The summed E-state index contributed by atoms with van der Waals surface area (Å²) in [5, 5.41) is 12.4. The zero-order valence-corrected chi connectivity index (χ0v) is 19.1. The van der Waals surface area contributed by atoms with Crippen molar-refractivity contribution in [3.63, 3.8) is 0 Å². The van der Waals surface area contributed by atoms with Crippen LogP contribution in [-0.4, -0.2) is 49.5 Å². The standard InChI is InChI=1S/C24H23FN4O4S/c25-21-8-7-19(16-23(21)34(31,32)29-12-14-33-15-13-29)27-24(30)9-6-18-17-28(11-3-10-26)22-5-2-1-4-20(18)22/h1-2,4-9,16-17H,3,11-15H2,(H,27,30)/b9-6+. The van der Waals surface area contributed by atoms with E-state index in [-0.39, 0.29) is 32.0 Å². The Balaban J connectivity index is 1.53. The third-order valence-corrected chi connectivity index (χ3v) is 7.40. The van der Waals surface area contributed by atoms with Crippen LogP contribution in [0, 0.1) is 17.1 Å². The molecule has 0 saturated carbocycles. The van der Waals surface area contributed by atoms with Gasteiger partial charge in [-0.3, -0.25) is 4.79 Å². The monoisotopic (exact) mass is 482 g/mol. The van der Waals surface area contributed by atoms with Gasteiger partial charge in [-0.05, 0) is 30.3 Å². The summed E-state index contributed by atoms with van der Waals surface area (Å²) in [6.45, 7) is 1.31. The molecular formula is C24H23FN4O4S. The van der Waals surface area contributed by atoms with Gasteiger partial charge in [0, 0.05) is 54.1 Å². The number of morpholine rings is 1. The molecule has 1 amide bonds. The highest BCUT2D eigenvalue weighted by atomic mass is 32.2. The maximum atomic E-state index is 14.4. The molecule has 3 aromatic rings. The number of halogens is 1. The summed E-state index contributed by atoms with van der Waals surface area (Å²) < 4.78 is 48.4.